The summed E-state index contributed by atoms with van der Waals surface area (Å²) in [5.74, 6) is 0.543. The van der Waals surface area contributed by atoms with Gasteiger partial charge in [-0.25, -0.2) is 9.97 Å². The normalized spacial score (nSPS) is 10.2. The van der Waals surface area contributed by atoms with Gasteiger partial charge in [0.25, 0.3) is 5.91 Å². The molecule has 0 aliphatic rings. The Kier molecular flexibility index (Phi) is 4.11. The van der Waals surface area contributed by atoms with E-state index in [0.29, 0.717) is 21.5 Å². The van der Waals surface area contributed by atoms with Crippen LogP contribution in [0.4, 0.5) is 16.6 Å². The molecule has 0 radical (unpaired) electrons. The van der Waals surface area contributed by atoms with E-state index in [1.807, 2.05) is 55.5 Å². The van der Waals surface area contributed by atoms with Crippen molar-refractivity contribution in [3.8, 4) is 0 Å². The average Bonchev–Trinajstić information content (AvgIpc) is 2.90. The summed E-state index contributed by atoms with van der Waals surface area (Å²) in [6.07, 6.45) is 1.70. The van der Waals surface area contributed by atoms with Gasteiger partial charge in [0.05, 0.1) is 5.69 Å². The van der Waals surface area contributed by atoms with Crippen molar-refractivity contribution < 1.29 is 4.79 Å². The molecule has 3 aromatic rings. The highest BCUT2D eigenvalue weighted by Gasteiger charge is 2.15. The summed E-state index contributed by atoms with van der Waals surface area (Å²) in [4.78, 5) is 21.5. The number of nitrogens with one attached hydrogen (secondary N) is 2. The lowest BCUT2D eigenvalue weighted by Crippen LogP contribution is -2.11. The Balaban J connectivity index is 1.76. The molecule has 0 aliphatic heterocycles. The number of rotatable bonds is 4. The number of thiazole rings is 1. The molecule has 0 saturated heterocycles. The molecule has 1 amide bonds. The lowest BCUT2D eigenvalue weighted by atomic mass is 10.3. The minimum Gasteiger partial charge on any atom is -0.321 e. The molecule has 0 unspecified atom stereocenters. The predicted molar refractivity (Wildman–Crippen MR) is 88.8 cm³/mol. The Hall–Kier alpha value is -2.73. The second kappa shape index (κ2) is 6.36. The van der Waals surface area contributed by atoms with E-state index in [-0.39, 0.29) is 5.91 Å². The first-order chi connectivity index (χ1) is 10.7. The van der Waals surface area contributed by atoms with Crippen molar-refractivity contribution in [3.05, 3.63) is 65.3 Å². The quantitative estimate of drug-likeness (QED) is 0.768. The van der Waals surface area contributed by atoms with Crippen molar-refractivity contribution >= 4 is 33.9 Å². The standard InChI is InChI=1S/C16H14N4OS/c1-11-14(15(21)19-12-7-3-2-4-8-12)22-16(18-11)20-13-9-5-6-10-17-13/h2-10H,1H3,(H,19,21)(H,17,18,20). The van der Waals surface area contributed by atoms with Gasteiger partial charge in [0, 0.05) is 11.9 Å². The number of nitrogens with zero attached hydrogens (tertiary/aromatic N) is 2. The van der Waals surface area contributed by atoms with Crippen LogP contribution >= 0.6 is 11.3 Å². The fourth-order valence-corrected chi connectivity index (χ4v) is 2.78. The Morgan fingerprint density at radius 3 is 2.59 bits per heavy atom. The summed E-state index contributed by atoms with van der Waals surface area (Å²) in [6, 6.07) is 14.9. The van der Waals surface area contributed by atoms with E-state index in [0.717, 1.165) is 5.69 Å². The molecule has 0 saturated carbocycles. The van der Waals surface area contributed by atoms with Crippen LogP contribution in [0, 0.1) is 6.92 Å². The SMILES string of the molecule is Cc1nc(Nc2ccccn2)sc1C(=O)Nc1ccccc1. The first-order valence-corrected chi connectivity index (χ1v) is 7.56. The molecule has 5 nitrogen and oxygen atoms in total. The number of para-hydroxylation sites is 1. The Morgan fingerprint density at radius 2 is 1.86 bits per heavy atom. The Bertz CT molecular complexity index is 771. The van der Waals surface area contributed by atoms with E-state index < -0.39 is 0 Å². The fraction of sp³-hybridized carbons (Fsp3) is 0.0625. The summed E-state index contributed by atoms with van der Waals surface area (Å²) in [6.45, 7) is 1.82. The maximum absolute atomic E-state index is 12.3. The van der Waals surface area contributed by atoms with Crippen LogP contribution in [0.5, 0.6) is 0 Å². The van der Waals surface area contributed by atoms with Gasteiger partial charge in [-0.3, -0.25) is 4.79 Å². The van der Waals surface area contributed by atoms with Gasteiger partial charge in [-0.2, -0.15) is 0 Å². The van der Waals surface area contributed by atoms with Gasteiger partial charge in [-0.05, 0) is 31.2 Å². The molecular formula is C16H14N4OS. The van der Waals surface area contributed by atoms with Crippen LogP contribution in [0.3, 0.4) is 0 Å². The average molecular weight is 310 g/mol. The summed E-state index contributed by atoms with van der Waals surface area (Å²) in [5, 5.41) is 6.61. The largest absolute Gasteiger partial charge is 0.321 e. The van der Waals surface area contributed by atoms with Crippen molar-refractivity contribution in [2.45, 2.75) is 6.92 Å². The number of carbonyl (C=O) groups excluding carboxylic acids is 1. The molecule has 2 heterocycles. The lowest BCUT2D eigenvalue weighted by molar-refractivity contribution is 0.103. The zero-order valence-electron chi connectivity index (χ0n) is 11.9. The number of anilines is 3. The van der Waals surface area contributed by atoms with Gasteiger partial charge >= 0.3 is 0 Å². The first kappa shape index (κ1) is 14.2. The Labute approximate surface area is 132 Å². The number of pyridine rings is 1. The molecule has 0 spiro atoms. The lowest BCUT2D eigenvalue weighted by Gasteiger charge is -2.03. The van der Waals surface area contributed by atoms with Crippen molar-refractivity contribution in [1.29, 1.82) is 0 Å². The second-order valence-electron chi connectivity index (χ2n) is 4.59. The highest BCUT2D eigenvalue weighted by atomic mass is 32.1. The molecule has 0 bridgehead atoms. The van der Waals surface area contributed by atoms with Crippen LogP contribution in [0.2, 0.25) is 0 Å². The Morgan fingerprint density at radius 1 is 1.09 bits per heavy atom. The summed E-state index contributed by atoms with van der Waals surface area (Å²) < 4.78 is 0. The van der Waals surface area contributed by atoms with E-state index in [2.05, 4.69) is 20.6 Å². The summed E-state index contributed by atoms with van der Waals surface area (Å²) in [5.41, 5.74) is 1.45. The molecule has 6 heteroatoms. The van der Waals surface area contributed by atoms with Crippen molar-refractivity contribution in [2.24, 2.45) is 0 Å². The van der Waals surface area contributed by atoms with E-state index in [1.54, 1.807) is 6.20 Å². The smallest absolute Gasteiger partial charge is 0.267 e. The number of carbonyl (C=O) groups is 1. The monoisotopic (exact) mass is 310 g/mol. The predicted octanol–water partition coefficient (Wildman–Crippen LogP) is 3.84. The minimum absolute atomic E-state index is 0.157. The van der Waals surface area contributed by atoms with Crippen molar-refractivity contribution in [3.63, 3.8) is 0 Å². The molecular weight excluding hydrogens is 296 g/mol. The number of aromatic nitrogens is 2. The van der Waals surface area contributed by atoms with Gasteiger partial charge < -0.3 is 10.6 Å². The third-order valence-electron chi connectivity index (χ3n) is 2.93. The van der Waals surface area contributed by atoms with Crippen molar-refractivity contribution in [1.82, 2.24) is 9.97 Å². The van der Waals surface area contributed by atoms with Gasteiger partial charge in [-0.1, -0.05) is 35.6 Å². The molecule has 1 aromatic carbocycles. The van der Waals surface area contributed by atoms with Gasteiger partial charge in [0.15, 0.2) is 5.13 Å². The van der Waals surface area contributed by atoms with Gasteiger partial charge in [-0.15, -0.1) is 0 Å². The molecule has 0 fully saturated rings. The molecule has 0 atom stereocenters. The number of hydrogen-bond acceptors (Lipinski definition) is 5. The van der Waals surface area contributed by atoms with E-state index >= 15 is 0 Å². The summed E-state index contributed by atoms with van der Waals surface area (Å²) in [7, 11) is 0. The molecule has 2 aromatic heterocycles. The van der Waals surface area contributed by atoms with E-state index in [9.17, 15) is 4.79 Å². The zero-order chi connectivity index (χ0) is 15.4. The van der Waals surface area contributed by atoms with Crippen molar-refractivity contribution in [2.75, 3.05) is 10.6 Å². The number of hydrogen-bond donors (Lipinski definition) is 2. The van der Waals surface area contributed by atoms with E-state index in [1.165, 1.54) is 11.3 Å². The van der Waals surface area contributed by atoms with Crippen LogP contribution in [0.25, 0.3) is 0 Å². The van der Waals surface area contributed by atoms with Crippen LogP contribution in [0.15, 0.2) is 54.7 Å². The maximum Gasteiger partial charge on any atom is 0.267 e. The van der Waals surface area contributed by atoms with Crippen LogP contribution < -0.4 is 10.6 Å². The topological polar surface area (TPSA) is 66.9 Å². The van der Waals surface area contributed by atoms with E-state index in [4.69, 9.17) is 0 Å². The molecule has 22 heavy (non-hydrogen) atoms. The third kappa shape index (κ3) is 3.29. The second-order valence-corrected chi connectivity index (χ2v) is 5.59. The minimum atomic E-state index is -0.157. The molecule has 0 aliphatic carbocycles. The summed E-state index contributed by atoms with van der Waals surface area (Å²) >= 11 is 1.31. The zero-order valence-corrected chi connectivity index (χ0v) is 12.7. The highest BCUT2D eigenvalue weighted by molar-refractivity contribution is 7.17. The van der Waals surface area contributed by atoms with Crippen LogP contribution in [0.1, 0.15) is 15.4 Å². The van der Waals surface area contributed by atoms with Gasteiger partial charge in [0.1, 0.15) is 10.7 Å². The number of amides is 1. The number of benzene rings is 1. The highest BCUT2D eigenvalue weighted by Crippen LogP contribution is 2.25. The first-order valence-electron chi connectivity index (χ1n) is 6.74. The molecule has 110 valence electrons. The van der Waals surface area contributed by atoms with Crippen LogP contribution in [-0.2, 0) is 0 Å². The molecule has 3 rings (SSSR count). The van der Waals surface area contributed by atoms with Gasteiger partial charge in [0.2, 0.25) is 0 Å². The maximum atomic E-state index is 12.3. The number of aryl methyl sites for hydroxylation is 1. The molecule has 2 N–H and O–H groups in total. The third-order valence-corrected chi connectivity index (χ3v) is 4.01. The fourth-order valence-electron chi connectivity index (χ4n) is 1.92. The van der Waals surface area contributed by atoms with Crippen LogP contribution in [-0.4, -0.2) is 15.9 Å².